The average molecular weight is 416 g/mol. The van der Waals surface area contributed by atoms with Crippen molar-refractivity contribution in [2.45, 2.75) is 32.9 Å². The first-order valence-electron chi connectivity index (χ1n) is 10.1. The van der Waals surface area contributed by atoms with Crippen LogP contribution in [0.3, 0.4) is 0 Å². The second-order valence-electron chi connectivity index (χ2n) is 7.94. The number of hydrogen-bond donors (Lipinski definition) is 1. The zero-order valence-corrected chi connectivity index (χ0v) is 17.8. The summed E-state index contributed by atoms with van der Waals surface area (Å²) in [4.78, 5) is 43.9. The lowest BCUT2D eigenvalue weighted by molar-refractivity contribution is -0.130. The molecule has 7 nitrogen and oxygen atoms in total. The quantitative estimate of drug-likeness (QED) is 0.494. The number of nitrogens with zero attached hydrogens (tertiary/aromatic N) is 3. The molecule has 1 aliphatic rings. The number of carbonyl (C=O) groups excluding carboxylic acids is 3. The molecular formula is C24H24N4O3. The number of urea groups is 1. The van der Waals surface area contributed by atoms with E-state index in [2.05, 4.69) is 14.9 Å². The number of ketones is 1. The minimum absolute atomic E-state index is 0.277. The predicted octanol–water partition coefficient (Wildman–Crippen LogP) is 3.20. The lowest BCUT2D eigenvalue weighted by Crippen LogP contribution is -2.42. The molecule has 0 bridgehead atoms. The van der Waals surface area contributed by atoms with Crippen molar-refractivity contribution in [3.05, 3.63) is 89.0 Å². The minimum Gasteiger partial charge on any atom is -0.344 e. The van der Waals surface area contributed by atoms with Crippen LogP contribution in [0.25, 0.3) is 0 Å². The number of benzene rings is 1. The number of imide groups is 1. The number of carbonyl (C=O) groups is 3. The van der Waals surface area contributed by atoms with Crippen LogP contribution in [0.15, 0.2) is 60.8 Å². The highest BCUT2D eigenvalue weighted by Crippen LogP contribution is 2.28. The molecule has 1 fully saturated rings. The molecule has 0 saturated carbocycles. The highest BCUT2D eigenvalue weighted by atomic mass is 16.2. The summed E-state index contributed by atoms with van der Waals surface area (Å²) >= 11 is 0. The Morgan fingerprint density at radius 3 is 2.45 bits per heavy atom. The van der Waals surface area contributed by atoms with Gasteiger partial charge in [-0.1, -0.05) is 36.4 Å². The molecule has 0 spiro atoms. The highest BCUT2D eigenvalue weighted by molar-refractivity contribution is 6.11. The molecular weight excluding hydrogens is 392 g/mol. The van der Waals surface area contributed by atoms with E-state index in [9.17, 15) is 14.4 Å². The summed E-state index contributed by atoms with van der Waals surface area (Å²) < 4.78 is 2.06. The van der Waals surface area contributed by atoms with Crippen molar-refractivity contribution in [3.63, 3.8) is 0 Å². The Morgan fingerprint density at radius 1 is 1.06 bits per heavy atom. The maximum absolute atomic E-state index is 13.1. The Labute approximate surface area is 180 Å². The van der Waals surface area contributed by atoms with Gasteiger partial charge in [-0.2, -0.15) is 0 Å². The highest BCUT2D eigenvalue weighted by Gasteiger charge is 2.50. The fraction of sp³-hybridized carbons (Fsp3) is 0.250. The lowest BCUT2D eigenvalue weighted by atomic mass is 9.97. The summed E-state index contributed by atoms with van der Waals surface area (Å²) in [7, 11) is 0. The molecule has 1 atom stereocenters. The first-order valence-corrected chi connectivity index (χ1v) is 10.1. The normalized spacial score (nSPS) is 18.4. The maximum atomic E-state index is 13.1. The van der Waals surface area contributed by atoms with Crippen molar-refractivity contribution in [2.24, 2.45) is 0 Å². The number of nitrogens with one attached hydrogen (secondary N) is 1. The third-order valence-corrected chi connectivity index (χ3v) is 5.81. The van der Waals surface area contributed by atoms with Gasteiger partial charge in [-0.3, -0.25) is 19.5 Å². The van der Waals surface area contributed by atoms with Gasteiger partial charge in [0.2, 0.25) is 0 Å². The Bertz CT molecular complexity index is 1150. The molecule has 3 aromatic rings. The van der Waals surface area contributed by atoms with Gasteiger partial charge in [0.05, 0.1) is 12.2 Å². The summed E-state index contributed by atoms with van der Waals surface area (Å²) in [6.45, 7) is 5.76. The Kier molecular flexibility index (Phi) is 5.19. The van der Waals surface area contributed by atoms with E-state index in [0.717, 1.165) is 21.9 Å². The monoisotopic (exact) mass is 416 g/mol. The molecule has 2 aromatic heterocycles. The van der Waals surface area contributed by atoms with Gasteiger partial charge in [-0.25, -0.2) is 4.79 Å². The first kappa shape index (κ1) is 20.5. The Hall–Kier alpha value is -3.74. The van der Waals surface area contributed by atoms with Crippen LogP contribution in [0, 0.1) is 13.8 Å². The van der Waals surface area contributed by atoms with Crippen molar-refractivity contribution >= 4 is 17.7 Å². The van der Waals surface area contributed by atoms with Gasteiger partial charge >= 0.3 is 6.03 Å². The number of pyridine rings is 1. The summed E-state index contributed by atoms with van der Waals surface area (Å²) in [6, 6.07) is 16.4. The van der Waals surface area contributed by atoms with Crippen LogP contribution >= 0.6 is 0 Å². The molecule has 1 N–H and O–H groups in total. The van der Waals surface area contributed by atoms with E-state index in [1.54, 1.807) is 31.3 Å². The molecule has 4 rings (SSSR count). The van der Waals surface area contributed by atoms with Crippen molar-refractivity contribution < 1.29 is 14.4 Å². The van der Waals surface area contributed by atoms with Gasteiger partial charge < -0.3 is 9.88 Å². The van der Waals surface area contributed by atoms with Crippen LogP contribution in [-0.4, -0.2) is 38.7 Å². The number of hydrogen-bond acceptors (Lipinski definition) is 4. The Morgan fingerprint density at radius 2 is 1.77 bits per heavy atom. The smallest absolute Gasteiger partial charge is 0.325 e. The number of Topliss-reactive ketones (excluding diaryl/α,β-unsaturated/α-hetero) is 1. The zero-order chi connectivity index (χ0) is 22.2. The predicted molar refractivity (Wildman–Crippen MR) is 116 cm³/mol. The van der Waals surface area contributed by atoms with Crippen LogP contribution in [0.4, 0.5) is 4.79 Å². The van der Waals surface area contributed by atoms with Gasteiger partial charge in [-0.15, -0.1) is 0 Å². The third-order valence-electron chi connectivity index (χ3n) is 5.81. The number of aryl methyl sites for hydroxylation is 1. The molecule has 158 valence electrons. The lowest BCUT2D eigenvalue weighted by Gasteiger charge is -2.20. The molecule has 1 unspecified atom stereocenters. The van der Waals surface area contributed by atoms with Crippen LogP contribution in [0.2, 0.25) is 0 Å². The fourth-order valence-electron chi connectivity index (χ4n) is 3.99. The Balaban J connectivity index is 1.56. The fourth-order valence-corrected chi connectivity index (χ4v) is 3.99. The molecule has 0 aliphatic carbocycles. The molecule has 3 amide bonds. The largest absolute Gasteiger partial charge is 0.344 e. The molecule has 1 aromatic carbocycles. The second kappa shape index (κ2) is 7.83. The van der Waals surface area contributed by atoms with E-state index in [4.69, 9.17) is 0 Å². The molecule has 0 radical (unpaired) electrons. The molecule has 7 heteroatoms. The van der Waals surface area contributed by atoms with E-state index < -0.39 is 17.5 Å². The number of amides is 3. The average Bonchev–Trinajstić information content (AvgIpc) is 3.17. The topological polar surface area (TPSA) is 84.3 Å². The number of rotatable bonds is 6. The minimum atomic E-state index is -1.29. The summed E-state index contributed by atoms with van der Waals surface area (Å²) in [6.07, 6.45) is 1.56. The van der Waals surface area contributed by atoms with E-state index in [1.807, 2.05) is 50.2 Å². The van der Waals surface area contributed by atoms with E-state index in [0.29, 0.717) is 17.8 Å². The van der Waals surface area contributed by atoms with Crippen molar-refractivity contribution in [1.82, 2.24) is 19.8 Å². The first-order chi connectivity index (χ1) is 14.8. The number of aromatic nitrogens is 2. The van der Waals surface area contributed by atoms with Crippen LogP contribution in [-0.2, 0) is 16.9 Å². The van der Waals surface area contributed by atoms with Crippen LogP contribution in [0.1, 0.15) is 39.9 Å². The van der Waals surface area contributed by atoms with E-state index in [-0.39, 0.29) is 12.3 Å². The summed E-state index contributed by atoms with van der Waals surface area (Å²) in [5, 5.41) is 2.68. The molecule has 31 heavy (non-hydrogen) atoms. The molecule has 3 heterocycles. The van der Waals surface area contributed by atoms with Crippen molar-refractivity contribution in [3.8, 4) is 0 Å². The molecule has 1 aliphatic heterocycles. The van der Waals surface area contributed by atoms with Gasteiger partial charge in [0.1, 0.15) is 0 Å². The van der Waals surface area contributed by atoms with Crippen LogP contribution < -0.4 is 5.32 Å². The zero-order valence-electron chi connectivity index (χ0n) is 17.8. The van der Waals surface area contributed by atoms with Crippen molar-refractivity contribution in [1.29, 1.82) is 0 Å². The summed E-state index contributed by atoms with van der Waals surface area (Å²) in [5.41, 5.74) is 2.54. The second-order valence-corrected chi connectivity index (χ2v) is 7.94. The van der Waals surface area contributed by atoms with Gasteiger partial charge in [0.15, 0.2) is 11.3 Å². The SMILES string of the molecule is Cc1cc(C(=O)CN2C(=O)NC(C)(c3ccccn3)C2=O)c(C)n1Cc1ccccc1. The molecule has 1 saturated heterocycles. The standard InChI is InChI=1S/C24H24N4O3/c1-16-13-19(17(2)27(16)14-18-9-5-4-6-10-18)20(29)15-28-22(30)24(3,26-23(28)31)21-11-7-8-12-25-21/h4-13H,14-15H2,1-3H3,(H,26,31). The van der Waals surface area contributed by atoms with Gasteiger partial charge in [0.25, 0.3) is 5.91 Å². The summed E-state index contributed by atoms with van der Waals surface area (Å²) in [5.74, 6) is -0.760. The maximum Gasteiger partial charge on any atom is 0.325 e. The van der Waals surface area contributed by atoms with Gasteiger partial charge in [-0.05, 0) is 44.5 Å². The van der Waals surface area contributed by atoms with E-state index >= 15 is 0 Å². The van der Waals surface area contributed by atoms with Gasteiger partial charge in [0, 0.05) is 29.7 Å². The van der Waals surface area contributed by atoms with Crippen molar-refractivity contribution in [2.75, 3.05) is 6.54 Å². The van der Waals surface area contributed by atoms with E-state index in [1.165, 1.54) is 0 Å². The van der Waals surface area contributed by atoms with Crippen LogP contribution in [0.5, 0.6) is 0 Å². The third kappa shape index (κ3) is 3.63.